The van der Waals surface area contributed by atoms with Crippen LogP contribution in [0.1, 0.15) is 33.3 Å². The molecule has 3 N–H and O–H groups in total. The normalized spacial score (nSPS) is 14.1. The Labute approximate surface area is 124 Å². The number of hydrogen-bond acceptors (Lipinski definition) is 3. The fourth-order valence-corrected chi connectivity index (χ4v) is 3.39. The van der Waals surface area contributed by atoms with Gasteiger partial charge in [-0.3, -0.25) is 0 Å². The molecule has 1 unspecified atom stereocenters. The Bertz CT molecular complexity index is 622. The minimum absolute atomic E-state index is 0.235. The number of sulfonamides is 1. The number of nitrogens with two attached hydrogens (primary N) is 1. The maximum atomic E-state index is 13.7. The van der Waals surface area contributed by atoms with E-state index in [-0.39, 0.29) is 26.9 Å². The van der Waals surface area contributed by atoms with Crippen molar-refractivity contribution >= 4 is 27.2 Å². The maximum absolute atomic E-state index is 13.7. The smallest absolute Gasteiger partial charge is 0.241 e. The van der Waals surface area contributed by atoms with Crippen LogP contribution in [-0.2, 0) is 10.0 Å². The highest BCUT2D eigenvalue weighted by Gasteiger charge is 2.28. The molecule has 1 atom stereocenters. The molecule has 0 fully saturated rings. The lowest BCUT2D eigenvalue weighted by atomic mass is 9.89. The van der Waals surface area contributed by atoms with Crippen molar-refractivity contribution in [3.05, 3.63) is 29.6 Å². The van der Waals surface area contributed by atoms with Gasteiger partial charge in [-0.05, 0) is 24.5 Å². The summed E-state index contributed by atoms with van der Waals surface area (Å²) < 4.78 is 41.0. The summed E-state index contributed by atoms with van der Waals surface area (Å²) in [4.78, 5) is -0.520. The molecule has 1 aromatic rings. The van der Waals surface area contributed by atoms with Crippen molar-refractivity contribution in [2.45, 2.75) is 38.6 Å². The van der Waals surface area contributed by atoms with Gasteiger partial charge in [0, 0.05) is 6.04 Å². The van der Waals surface area contributed by atoms with Crippen molar-refractivity contribution in [1.29, 1.82) is 0 Å². The third-order valence-corrected chi connectivity index (χ3v) is 4.93. The number of hydrogen-bond donors (Lipinski definition) is 2. The lowest BCUT2D eigenvalue weighted by Crippen LogP contribution is -2.42. The summed E-state index contributed by atoms with van der Waals surface area (Å²) in [6, 6.07) is 3.39. The molecule has 0 spiro atoms. The molecule has 0 aliphatic carbocycles. The van der Waals surface area contributed by atoms with E-state index in [1.807, 2.05) is 20.8 Å². The van der Waals surface area contributed by atoms with E-state index < -0.39 is 15.8 Å². The van der Waals surface area contributed by atoms with E-state index in [4.69, 9.17) is 18.0 Å². The lowest BCUT2D eigenvalue weighted by molar-refractivity contribution is 0.317. The number of thiocarbonyl (C=S) groups is 1. The zero-order valence-electron chi connectivity index (χ0n) is 11.9. The third kappa shape index (κ3) is 3.74. The number of benzene rings is 1. The molecule has 0 radical (unpaired) electrons. The highest BCUT2D eigenvalue weighted by molar-refractivity contribution is 7.89. The Morgan fingerprint density at radius 2 is 1.95 bits per heavy atom. The van der Waals surface area contributed by atoms with Gasteiger partial charge in [0.05, 0.1) is 10.5 Å². The fourth-order valence-electron chi connectivity index (χ4n) is 1.44. The molecule has 1 rings (SSSR count). The summed E-state index contributed by atoms with van der Waals surface area (Å²) in [5.74, 6) is -0.746. The van der Waals surface area contributed by atoms with Gasteiger partial charge in [0.25, 0.3) is 0 Å². The molecule has 0 aliphatic rings. The molecule has 0 saturated heterocycles. The molecule has 0 amide bonds. The molecule has 0 saturated carbocycles. The van der Waals surface area contributed by atoms with Gasteiger partial charge in [-0.25, -0.2) is 17.5 Å². The topological polar surface area (TPSA) is 72.2 Å². The molecule has 0 heterocycles. The first kappa shape index (κ1) is 17.0. The number of halogens is 1. The summed E-state index contributed by atoms with van der Waals surface area (Å²) in [7, 11) is -3.90. The van der Waals surface area contributed by atoms with Crippen LogP contribution in [0.25, 0.3) is 0 Å². The van der Waals surface area contributed by atoms with Gasteiger partial charge in [-0.2, -0.15) is 0 Å². The molecule has 112 valence electrons. The first-order valence-corrected chi connectivity index (χ1v) is 7.96. The molecule has 1 aromatic carbocycles. The van der Waals surface area contributed by atoms with Gasteiger partial charge in [-0.15, -0.1) is 0 Å². The Morgan fingerprint density at radius 1 is 1.40 bits per heavy atom. The van der Waals surface area contributed by atoms with Crippen LogP contribution in [-0.4, -0.2) is 19.4 Å². The van der Waals surface area contributed by atoms with Crippen LogP contribution in [0.15, 0.2) is 23.1 Å². The van der Waals surface area contributed by atoms with Crippen LogP contribution in [0.4, 0.5) is 4.39 Å². The van der Waals surface area contributed by atoms with Crippen LogP contribution in [0, 0.1) is 11.2 Å². The molecule has 0 aromatic heterocycles. The molecule has 7 heteroatoms. The van der Waals surface area contributed by atoms with Crippen molar-refractivity contribution in [3.63, 3.8) is 0 Å². The Balaban J connectivity index is 3.31. The fraction of sp³-hybridized carbons (Fsp3) is 0.462. The van der Waals surface area contributed by atoms with E-state index in [1.165, 1.54) is 12.1 Å². The van der Waals surface area contributed by atoms with Crippen LogP contribution >= 0.6 is 12.2 Å². The van der Waals surface area contributed by atoms with Gasteiger partial charge in [-0.1, -0.05) is 39.1 Å². The SMILES string of the molecule is CC(NS(=O)(=O)c1cccc(F)c1C(N)=S)C(C)(C)C. The predicted molar refractivity (Wildman–Crippen MR) is 81.5 cm³/mol. The van der Waals surface area contributed by atoms with Crippen molar-refractivity contribution in [2.24, 2.45) is 11.1 Å². The number of nitrogens with one attached hydrogen (secondary N) is 1. The van der Waals surface area contributed by atoms with E-state index in [0.717, 1.165) is 6.07 Å². The van der Waals surface area contributed by atoms with Gasteiger partial charge < -0.3 is 5.73 Å². The van der Waals surface area contributed by atoms with E-state index in [0.29, 0.717) is 0 Å². The van der Waals surface area contributed by atoms with Gasteiger partial charge in [0.2, 0.25) is 10.0 Å². The van der Waals surface area contributed by atoms with Gasteiger partial charge in [0.15, 0.2) is 0 Å². The largest absolute Gasteiger partial charge is 0.389 e. The molecule has 20 heavy (non-hydrogen) atoms. The van der Waals surface area contributed by atoms with Crippen LogP contribution < -0.4 is 10.5 Å². The minimum Gasteiger partial charge on any atom is -0.389 e. The second-order valence-corrected chi connectivity index (χ2v) is 7.81. The second-order valence-electron chi connectivity index (χ2n) is 5.69. The first-order valence-electron chi connectivity index (χ1n) is 6.07. The van der Waals surface area contributed by atoms with Crippen LogP contribution in [0.5, 0.6) is 0 Å². The van der Waals surface area contributed by atoms with Gasteiger partial charge >= 0.3 is 0 Å². The lowest BCUT2D eigenvalue weighted by Gasteiger charge is -2.28. The predicted octanol–water partition coefficient (Wildman–Crippen LogP) is 2.17. The second kappa shape index (κ2) is 5.75. The van der Waals surface area contributed by atoms with Crippen molar-refractivity contribution < 1.29 is 12.8 Å². The molecule has 0 aliphatic heterocycles. The zero-order chi connectivity index (χ0) is 15.7. The average molecular weight is 318 g/mol. The number of rotatable bonds is 4. The Morgan fingerprint density at radius 3 is 2.40 bits per heavy atom. The summed E-state index contributed by atoms with van der Waals surface area (Å²) in [6.45, 7) is 7.46. The van der Waals surface area contributed by atoms with E-state index in [1.54, 1.807) is 6.92 Å². The van der Waals surface area contributed by atoms with Gasteiger partial charge in [0.1, 0.15) is 10.8 Å². The minimum atomic E-state index is -3.90. The maximum Gasteiger partial charge on any atom is 0.241 e. The third-order valence-electron chi connectivity index (χ3n) is 3.14. The standard InChI is InChI=1S/C13H19FN2O2S2/c1-8(13(2,3)4)16-20(17,18)10-7-5-6-9(14)11(10)12(15)19/h5-8,16H,1-4H3,(H2,15,19). The quantitative estimate of drug-likeness (QED) is 0.835. The van der Waals surface area contributed by atoms with Crippen LogP contribution in [0.2, 0.25) is 0 Å². The molecule has 0 bridgehead atoms. The summed E-state index contributed by atoms with van der Waals surface area (Å²) in [6.07, 6.45) is 0. The van der Waals surface area contributed by atoms with E-state index in [9.17, 15) is 12.8 Å². The highest BCUT2D eigenvalue weighted by atomic mass is 32.2. The van der Waals surface area contributed by atoms with E-state index in [2.05, 4.69) is 4.72 Å². The molecule has 4 nitrogen and oxygen atoms in total. The zero-order valence-corrected chi connectivity index (χ0v) is 13.5. The first-order chi connectivity index (χ1) is 8.97. The average Bonchev–Trinajstić information content (AvgIpc) is 2.26. The van der Waals surface area contributed by atoms with E-state index >= 15 is 0 Å². The van der Waals surface area contributed by atoms with Crippen molar-refractivity contribution in [2.75, 3.05) is 0 Å². The van der Waals surface area contributed by atoms with Crippen LogP contribution in [0.3, 0.4) is 0 Å². The monoisotopic (exact) mass is 318 g/mol. The Kier molecular flexibility index (Phi) is 4.89. The van der Waals surface area contributed by atoms with Crippen molar-refractivity contribution in [1.82, 2.24) is 4.72 Å². The molecular weight excluding hydrogens is 299 g/mol. The summed E-state index contributed by atoms with van der Waals surface area (Å²) in [5.41, 5.74) is 4.90. The van der Waals surface area contributed by atoms with Crippen molar-refractivity contribution in [3.8, 4) is 0 Å². The molecular formula is C13H19FN2O2S2. The summed E-state index contributed by atoms with van der Waals surface area (Å²) in [5, 5.41) is 0. The summed E-state index contributed by atoms with van der Waals surface area (Å²) >= 11 is 4.74. The highest BCUT2D eigenvalue weighted by Crippen LogP contribution is 2.23. The Hall–Kier alpha value is -1.05.